The van der Waals surface area contributed by atoms with Gasteiger partial charge < -0.3 is 4.74 Å². The van der Waals surface area contributed by atoms with E-state index in [2.05, 4.69) is 9.72 Å². The highest BCUT2D eigenvalue weighted by atomic mass is 35.5. The van der Waals surface area contributed by atoms with Gasteiger partial charge in [0.1, 0.15) is 17.0 Å². The summed E-state index contributed by atoms with van der Waals surface area (Å²) < 4.78 is 78.3. The number of hydrogen-bond donors (Lipinski definition) is 0. The van der Waals surface area contributed by atoms with E-state index in [4.69, 9.17) is 23.2 Å². The molecule has 112 valence electrons. The quantitative estimate of drug-likeness (QED) is 0.471. The highest BCUT2D eigenvalue weighted by molar-refractivity contribution is 6.67. The molecule has 0 atom stereocenters. The van der Waals surface area contributed by atoms with Gasteiger partial charge in [-0.1, -0.05) is 0 Å². The summed E-state index contributed by atoms with van der Waals surface area (Å²) in [6.07, 6.45) is -10.2. The zero-order chi connectivity index (χ0) is 15.7. The molecule has 0 fully saturated rings. The average Bonchev–Trinajstić information content (AvgIpc) is 2.24. The number of aromatic nitrogens is 1. The molecule has 0 aliphatic carbocycles. The van der Waals surface area contributed by atoms with E-state index in [-0.39, 0.29) is 0 Å². The molecule has 0 N–H and O–H groups in total. The second-order valence-electron chi connectivity index (χ2n) is 3.29. The van der Waals surface area contributed by atoms with Gasteiger partial charge in [-0.15, -0.1) is 24.8 Å². The fraction of sp³-hybridized carbons (Fsp3) is 0.333. The third-order valence-corrected chi connectivity index (χ3v) is 2.40. The van der Waals surface area contributed by atoms with Crippen molar-refractivity contribution in [3.63, 3.8) is 0 Å². The molecule has 0 aliphatic heterocycles. The van der Waals surface area contributed by atoms with Crippen molar-refractivity contribution in [2.75, 3.05) is 0 Å². The van der Waals surface area contributed by atoms with Crippen LogP contribution in [-0.4, -0.2) is 16.6 Å². The average molecular weight is 342 g/mol. The molecule has 0 unspecified atom stereocenters. The Morgan fingerprint density at radius 2 is 1.80 bits per heavy atom. The molecule has 1 aromatic rings. The molecular formula is C9H3Cl2F6NO2. The SMILES string of the molecule is O=C(Cl)c1ncc(CCl)c(OC(F)(F)F)c1C(F)(F)F. The van der Waals surface area contributed by atoms with E-state index >= 15 is 0 Å². The Morgan fingerprint density at radius 3 is 2.15 bits per heavy atom. The Labute approximate surface area is 117 Å². The summed E-state index contributed by atoms with van der Waals surface area (Å²) in [5.74, 6) is -2.38. The van der Waals surface area contributed by atoms with Crippen LogP contribution in [0.15, 0.2) is 6.20 Å². The van der Waals surface area contributed by atoms with Crippen LogP contribution in [0.2, 0.25) is 0 Å². The monoisotopic (exact) mass is 341 g/mol. The van der Waals surface area contributed by atoms with Crippen molar-refractivity contribution >= 4 is 28.4 Å². The molecule has 3 nitrogen and oxygen atoms in total. The lowest BCUT2D eigenvalue weighted by molar-refractivity contribution is -0.276. The van der Waals surface area contributed by atoms with Crippen molar-refractivity contribution in [3.8, 4) is 5.75 Å². The van der Waals surface area contributed by atoms with Gasteiger partial charge in [-0.3, -0.25) is 9.78 Å². The van der Waals surface area contributed by atoms with Gasteiger partial charge in [0.05, 0.1) is 5.88 Å². The first-order valence-corrected chi connectivity index (χ1v) is 5.49. The first-order chi connectivity index (χ1) is 8.97. The van der Waals surface area contributed by atoms with Crippen LogP contribution in [0.3, 0.4) is 0 Å². The van der Waals surface area contributed by atoms with E-state index in [1.54, 1.807) is 0 Å². The maximum atomic E-state index is 12.8. The summed E-state index contributed by atoms with van der Waals surface area (Å²) in [6.45, 7) is 0. The topological polar surface area (TPSA) is 39.2 Å². The number of carbonyl (C=O) groups is 1. The smallest absolute Gasteiger partial charge is 0.405 e. The Hall–Kier alpha value is -1.22. The minimum Gasteiger partial charge on any atom is -0.405 e. The van der Waals surface area contributed by atoms with Gasteiger partial charge in [-0.05, 0) is 11.6 Å². The van der Waals surface area contributed by atoms with Crippen LogP contribution in [0.25, 0.3) is 0 Å². The molecule has 0 radical (unpaired) electrons. The van der Waals surface area contributed by atoms with Crippen molar-refractivity contribution in [1.29, 1.82) is 0 Å². The van der Waals surface area contributed by atoms with Crippen molar-refractivity contribution in [2.45, 2.75) is 18.4 Å². The Balaban J connectivity index is 3.65. The molecule has 0 amide bonds. The van der Waals surface area contributed by atoms with E-state index in [9.17, 15) is 31.1 Å². The number of carbonyl (C=O) groups excluding carboxylic acids is 1. The van der Waals surface area contributed by atoms with Gasteiger partial charge in [-0.2, -0.15) is 13.2 Å². The normalized spacial score (nSPS) is 12.4. The van der Waals surface area contributed by atoms with Crippen molar-refractivity contribution in [3.05, 3.63) is 23.0 Å². The lowest BCUT2D eigenvalue weighted by atomic mass is 10.1. The number of halogens is 8. The molecule has 20 heavy (non-hydrogen) atoms. The number of nitrogens with zero attached hydrogens (tertiary/aromatic N) is 1. The summed E-state index contributed by atoms with van der Waals surface area (Å²) in [4.78, 5) is 13.9. The van der Waals surface area contributed by atoms with Crippen molar-refractivity contribution in [1.82, 2.24) is 4.98 Å². The lowest BCUT2D eigenvalue weighted by Crippen LogP contribution is -2.23. The van der Waals surface area contributed by atoms with Crippen molar-refractivity contribution < 1.29 is 35.9 Å². The van der Waals surface area contributed by atoms with Gasteiger partial charge in [0.15, 0.2) is 0 Å². The lowest BCUT2D eigenvalue weighted by Gasteiger charge is -2.19. The zero-order valence-electron chi connectivity index (χ0n) is 9.07. The van der Waals surface area contributed by atoms with Crippen LogP contribution >= 0.6 is 23.2 Å². The van der Waals surface area contributed by atoms with E-state index in [1.165, 1.54) is 0 Å². The summed E-state index contributed by atoms with van der Waals surface area (Å²) in [5.41, 5.74) is -4.10. The zero-order valence-corrected chi connectivity index (χ0v) is 10.6. The number of pyridine rings is 1. The Bertz CT molecular complexity index is 528. The number of alkyl halides is 7. The fourth-order valence-electron chi connectivity index (χ4n) is 1.27. The molecule has 0 saturated carbocycles. The first-order valence-electron chi connectivity index (χ1n) is 4.58. The molecule has 1 heterocycles. The van der Waals surface area contributed by atoms with Gasteiger partial charge >= 0.3 is 12.5 Å². The predicted molar refractivity (Wildman–Crippen MR) is 55.7 cm³/mol. The summed E-state index contributed by atoms with van der Waals surface area (Å²) in [5, 5.41) is -1.68. The molecule has 0 aliphatic rings. The molecule has 0 saturated heterocycles. The van der Waals surface area contributed by atoms with Crippen molar-refractivity contribution in [2.24, 2.45) is 0 Å². The number of ether oxygens (including phenoxy) is 1. The van der Waals surface area contributed by atoms with Gasteiger partial charge in [0.25, 0.3) is 5.24 Å². The highest BCUT2D eigenvalue weighted by Crippen LogP contribution is 2.42. The molecule has 0 aromatic carbocycles. The summed E-state index contributed by atoms with van der Waals surface area (Å²) >= 11 is 10.1. The minimum atomic E-state index is -5.41. The molecule has 11 heteroatoms. The first kappa shape index (κ1) is 16.8. The Kier molecular flexibility index (Phi) is 4.75. The second kappa shape index (κ2) is 5.65. The van der Waals surface area contributed by atoms with Gasteiger partial charge in [-0.25, -0.2) is 0 Å². The van der Waals surface area contributed by atoms with E-state index in [0.29, 0.717) is 6.20 Å². The predicted octanol–water partition coefficient (Wildman–Crippen LogP) is 4.12. The van der Waals surface area contributed by atoms with E-state index in [0.717, 1.165) is 0 Å². The molecular weight excluding hydrogens is 339 g/mol. The highest BCUT2D eigenvalue weighted by Gasteiger charge is 2.44. The van der Waals surface area contributed by atoms with Crippen LogP contribution in [-0.2, 0) is 12.1 Å². The largest absolute Gasteiger partial charge is 0.573 e. The maximum absolute atomic E-state index is 12.8. The molecule has 1 rings (SSSR count). The van der Waals surface area contributed by atoms with Crippen LogP contribution < -0.4 is 4.74 Å². The summed E-state index contributed by atoms with van der Waals surface area (Å²) in [6, 6.07) is 0. The third-order valence-electron chi connectivity index (χ3n) is 1.94. The van der Waals surface area contributed by atoms with Gasteiger partial charge in [0.2, 0.25) is 0 Å². The second-order valence-corrected chi connectivity index (χ2v) is 3.90. The van der Waals surface area contributed by atoms with Crippen LogP contribution in [0.1, 0.15) is 21.6 Å². The fourth-order valence-corrected chi connectivity index (χ4v) is 1.61. The maximum Gasteiger partial charge on any atom is 0.573 e. The van der Waals surface area contributed by atoms with Crippen LogP contribution in [0.5, 0.6) is 5.75 Å². The van der Waals surface area contributed by atoms with Crippen LogP contribution in [0.4, 0.5) is 26.3 Å². The minimum absolute atomic E-state index is 0.554. The Morgan fingerprint density at radius 1 is 1.25 bits per heavy atom. The molecule has 1 aromatic heterocycles. The third kappa shape index (κ3) is 3.89. The molecule has 0 bridgehead atoms. The van der Waals surface area contributed by atoms with Gasteiger partial charge in [0, 0.05) is 11.8 Å². The number of rotatable bonds is 3. The standard InChI is InChI=1S/C9H3Cl2F6NO2/c10-1-3-2-18-5(7(11)19)4(8(12,13)14)6(3)20-9(15,16)17/h2H,1H2. The van der Waals surface area contributed by atoms with E-state index in [1.807, 2.05) is 0 Å². The van der Waals surface area contributed by atoms with Crippen LogP contribution in [0, 0.1) is 0 Å². The van der Waals surface area contributed by atoms with E-state index < -0.39 is 46.2 Å². The summed E-state index contributed by atoms with van der Waals surface area (Å²) in [7, 11) is 0. The molecule has 0 spiro atoms. The number of hydrogen-bond acceptors (Lipinski definition) is 3.